The molecule has 46 heavy (non-hydrogen) atoms. The Morgan fingerprint density at radius 1 is 0.391 bits per heavy atom. The van der Waals surface area contributed by atoms with Gasteiger partial charge in [0.15, 0.2) is 0 Å². The van der Waals surface area contributed by atoms with Gasteiger partial charge in [0, 0.05) is 0 Å². The second-order valence-corrected chi connectivity index (χ2v) is 13.4. The molecule has 0 spiro atoms. The number of rotatable bonds is 22. The lowest BCUT2D eigenvalue weighted by Crippen LogP contribution is -1.94. The highest BCUT2D eigenvalue weighted by Gasteiger charge is 2.12. The molecule has 4 heteroatoms. The van der Waals surface area contributed by atoms with Crippen molar-refractivity contribution in [2.45, 2.75) is 117 Å². The average Bonchev–Trinajstić information content (AvgIpc) is 3.09. The van der Waals surface area contributed by atoms with Gasteiger partial charge in [0.25, 0.3) is 0 Å². The average molecular weight is 639 g/mol. The maximum Gasteiger partial charge on any atom is 0.460 e. The lowest BCUT2D eigenvalue weighted by atomic mass is 10.0. The fraction of sp³-hybridized carbons (Fsp3) is 0.429. The van der Waals surface area contributed by atoms with Crippen LogP contribution in [0.15, 0.2) is 97.1 Å². The van der Waals surface area contributed by atoms with Gasteiger partial charge in [-0.25, -0.2) is 0 Å². The van der Waals surface area contributed by atoms with E-state index in [1.807, 2.05) is 48.5 Å². The smallest absolute Gasteiger partial charge is 0.418 e. The zero-order valence-corrected chi connectivity index (χ0v) is 29.2. The van der Waals surface area contributed by atoms with Crippen molar-refractivity contribution in [2.24, 2.45) is 0 Å². The highest BCUT2D eigenvalue weighted by atomic mass is 31.2. The molecule has 4 aromatic rings. The van der Waals surface area contributed by atoms with Gasteiger partial charge in [-0.15, -0.1) is 0 Å². The second kappa shape index (κ2) is 20.9. The molecule has 0 aromatic heterocycles. The third kappa shape index (κ3) is 12.9. The Morgan fingerprint density at radius 2 is 0.674 bits per heavy atom. The number of aryl methyl sites for hydroxylation is 2. The molecule has 0 unspecified atom stereocenters. The predicted octanol–water partition coefficient (Wildman–Crippen LogP) is 13.3. The van der Waals surface area contributed by atoms with Crippen LogP contribution < -0.4 is 9.05 Å². The largest absolute Gasteiger partial charge is 0.460 e. The van der Waals surface area contributed by atoms with E-state index in [9.17, 15) is 4.89 Å². The quantitative estimate of drug-likeness (QED) is 0.0687. The number of hydrogen-bond donors (Lipinski definition) is 1. The van der Waals surface area contributed by atoms with Crippen LogP contribution in [0.1, 0.15) is 115 Å². The van der Waals surface area contributed by atoms with Gasteiger partial charge in [-0.2, -0.15) is 0 Å². The highest BCUT2D eigenvalue weighted by Crippen LogP contribution is 2.37. The first kappa shape index (κ1) is 35.7. The fourth-order valence-electron chi connectivity index (χ4n) is 5.92. The molecule has 4 aromatic carbocycles. The minimum Gasteiger partial charge on any atom is -0.418 e. The summed E-state index contributed by atoms with van der Waals surface area (Å²) in [6.45, 7) is 4.54. The van der Waals surface area contributed by atoms with Crippen molar-refractivity contribution >= 4 is 8.60 Å². The Bertz CT molecular complexity index is 1240. The molecule has 0 aliphatic carbocycles. The minimum absolute atomic E-state index is 0.584. The molecule has 0 fully saturated rings. The van der Waals surface area contributed by atoms with Gasteiger partial charge in [0.1, 0.15) is 11.5 Å². The van der Waals surface area contributed by atoms with E-state index >= 15 is 0 Å². The van der Waals surface area contributed by atoms with E-state index in [0.717, 1.165) is 24.0 Å². The molecule has 0 atom stereocenters. The third-order valence-corrected chi connectivity index (χ3v) is 9.52. The summed E-state index contributed by atoms with van der Waals surface area (Å²) in [4.78, 5) is 10.5. The van der Waals surface area contributed by atoms with Gasteiger partial charge in [0.05, 0.1) is 0 Å². The normalized spacial score (nSPS) is 11.2. The van der Waals surface area contributed by atoms with E-state index in [4.69, 9.17) is 9.05 Å². The molecule has 0 radical (unpaired) electrons. The summed E-state index contributed by atoms with van der Waals surface area (Å²) >= 11 is 0. The molecule has 0 heterocycles. The summed E-state index contributed by atoms with van der Waals surface area (Å²) < 4.78 is 11.4. The second-order valence-electron chi connectivity index (χ2n) is 12.6. The van der Waals surface area contributed by atoms with Gasteiger partial charge in [-0.3, -0.25) is 0 Å². The molecule has 0 saturated carbocycles. The van der Waals surface area contributed by atoms with Crippen LogP contribution in [0.2, 0.25) is 0 Å². The molecular formula is C42H55O3P. The van der Waals surface area contributed by atoms with E-state index in [2.05, 4.69) is 62.4 Å². The lowest BCUT2D eigenvalue weighted by Gasteiger charge is -2.13. The molecule has 1 N–H and O–H groups in total. The van der Waals surface area contributed by atoms with E-state index in [1.165, 1.54) is 112 Å². The number of unbranched alkanes of at least 4 members (excludes halogenated alkanes) is 12. The van der Waals surface area contributed by atoms with Crippen LogP contribution in [-0.4, -0.2) is 4.89 Å². The minimum atomic E-state index is -2.09. The van der Waals surface area contributed by atoms with Gasteiger partial charge in [0.2, 0.25) is 0 Å². The molecule has 0 aliphatic rings. The Balaban J connectivity index is 1.17. The van der Waals surface area contributed by atoms with Gasteiger partial charge in [-0.1, -0.05) is 164 Å². The van der Waals surface area contributed by atoms with E-state index in [0.29, 0.717) is 11.5 Å². The monoisotopic (exact) mass is 638 g/mol. The highest BCUT2D eigenvalue weighted by molar-refractivity contribution is 7.41. The molecular weight excluding hydrogens is 583 g/mol. The van der Waals surface area contributed by atoms with Crippen LogP contribution in [0.4, 0.5) is 0 Å². The first-order valence-corrected chi connectivity index (χ1v) is 19.0. The summed E-state index contributed by atoms with van der Waals surface area (Å²) in [5.41, 5.74) is 7.42. The molecule has 246 valence electrons. The lowest BCUT2D eigenvalue weighted by molar-refractivity contribution is 0.382. The topological polar surface area (TPSA) is 38.7 Å². The molecule has 0 saturated heterocycles. The van der Waals surface area contributed by atoms with Gasteiger partial charge in [-0.05, 0) is 83.3 Å². The van der Waals surface area contributed by atoms with E-state index in [1.54, 1.807) is 0 Å². The van der Waals surface area contributed by atoms with Crippen LogP contribution in [0.3, 0.4) is 0 Å². The van der Waals surface area contributed by atoms with Gasteiger partial charge < -0.3 is 13.9 Å². The van der Waals surface area contributed by atoms with Crippen LogP contribution in [0.5, 0.6) is 11.5 Å². The van der Waals surface area contributed by atoms with E-state index < -0.39 is 8.60 Å². The van der Waals surface area contributed by atoms with Crippen molar-refractivity contribution in [3.05, 3.63) is 108 Å². The molecule has 0 aliphatic heterocycles. The fourth-order valence-corrected chi connectivity index (χ4v) is 6.56. The van der Waals surface area contributed by atoms with Crippen molar-refractivity contribution in [3.63, 3.8) is 0 Å². The van der Waals surface area contributed by atoms with Crippen molar-refractivity contribution in [3.8, 4) is 33.8 Å². The summed E-state index contributed by atoms with van der Waals surface area (Å²) in [5, 5.41) is 0. The molecule has 4 rings (SSSR count). The summed E-state index contributed by atoms with van der Waals surface area (Å²) in [6.07, 6.45) is 21.0. The maximum atomic E-state index is 10.5. The number of hydrogen-bond acceptors (Lipinski definition) is 3. The first-order valence-electron chi connectivity index (χ1n) is 17.9. The Labute approximate surface area is 280 Å². The van der Waals surface area contributed by atoms with Crippen molar-refractivity contribution < 1.29 is 13.9 Å². The Hall–Kier alpha value is -3.13. The summed E-state index contributed by atoms with van der Waals surface area (Å²) in [6, 6.07) is 33.4. The van der Waals surface area contributed by atoms with Gasteiger partial charge >= 0.3 is 8.60 Å². The molecule has 0 bridgehead atoms. The van der Waals surface area contributed by atoms with Crippen LogP contribution in [-0.2, 0) is 12.8 Å². The first-order chi connectivity index (χ1) is 22.6. The number of benzene rings is 4. The zero-order valence-electron chi connectivity index (χ0n) is 28.3. The molecule has 3 nitrogen and oxygen atoms in total. The summed E-state index contributed by atoms with van der Waals surface area (Å²) in [7, 11) is -2.09. The van der Waals surface area contributed by atoms with Crippen molar-refractivity contribution in [2.75, 3.05) is 0 Å². The van der Waals surface area contributed by atoms with Crippen LogP contribution >= 0.6 is 8.60 Å². The van der Waals surface area contributed by atoms with E-state index in [-0.39, 0.29) is 0 Å². The van der Waals surface area contributed by atoms with Crippen LogP contribution in [0, 0.1) is 0 Å². The standard InChI is InChI=1S/C42H55O3P/c1-3-5-7-9-11-13-15-17-35-19-23-37(24-20-35)39-27-31-41(32-28-39)44-46(43)45-42-33-29-40(30-34-42)38-25-21-36(22-26-38)18-16-14-12-10-8-6-4-2/h19-34,43H,3-18H2,1-2H3. The SMILES string of the molecule is CCCCCCCCCc1ccc(-c2ccc(OP(O)Oc3ccc(-c4ccc(CCCCCCCCC)cc4)cc3)cc2)cc1. The van der Waals surface area contributed by atoms with Crippen LogP contribution in [0.25, 0.3) is 22.3 Å². The zero-order chi connectivity index (χ0) is 32.2. The van der Waals surface area contributed by atoms with Crippen molar-refractivity contribution in [1.82, 2.24) is 0 Å². The Morgan fingerprint density at radius 3 is 1.00 bits per heavy atom. The summed E-state index contributed by atoms with van der Waals surface area (Å²) in [5.74, 6) is 1.17. The maximum absolute atomic E-state index is 10.5. The van der Waals surface area contributed by atoms with Crippen molar-refractivity contribution in [1.29, 1.82) is 0 Å². The third-order valence-electron chi connectivity index (χ3n) is 8.79. The predicted molar refractivity (Wildman–Crippen MR) is 198 cm³/mol. The molecule has 0 amide bonds. The Kier molecular flexibility index (Phi) is 16.2.